The van der Waals surface area contributed by atoms with Crippen LogP contribution < -0.4 is 9.47 Å². The first-order valence-electron chi connectivity index (χ1n) is 7.33. The summed E-state index contributed by atoms with van der Waals surface area (Å²) in [7, 11) is 4.12. The summed E-state index contributed by atoms with van der Waals surface area (Å²) in [5.41, 5.74) is 1.38. The van der Waals surface area contributed by atoms with Crippen LogP contribution in [0.4, 0.5) is 0 Å². The predicted molar refractivity (Wildman–Crippen MR) is 98.1 cm³/mol. The highest BCUT2D eigenvalue weighted by Gasteiger charge is 2.12. The van der Waals surface area contributed by atoms with Crippen molar-refractivity contribution in [2.75, 3.05) is 6.61 Å². The fourth-order valence-electron chi connectivity index (χ4n) is 2.05. The average Bonchev–Trinajstić information content (AvgIpc) is 2.60. The summed E-state index contributed by atoms with van der Waals surface area (Å²) in [5, 5.41) is 0. The van der Waals surface area contributed by atoms with E-state index in [2.05, 4.69) is 9.47 Å². The fourth-order valence-corrected chi connectivity index (χ4v) is 2.46. The molecule has 0 heterocycles. The highest BCUT2D eigenvalue weighted by molar-refractivity contribution is 7.10. The summed E-state index contributed by atoms with van der Waals surface area (Å²) >= 11 is 0. The monoisotopic (exact) mass is 366 g/mol. The molecule has 0 N–H and O–H groups in total. The highest BCUT2D eigenvalue weighted by atomic mass is 31.0. The van der Waals surface area contributed by atoms with Crippen LogP contribution in [0, 0.1) is 0 Å². The number of hydrogen-bond donors (Lipinski definition) is 0. The van der Waals surface area contributed by atoms with Gasteiger partial charge in [-0.1, -0.05) is 30.3 Å². The number of benzene rings is 2. The molecule has 24 heavy (non-hydrogen) atoms. The van der Waals surface area contributed by atoms with Gasteiger partial charge in [0, 0.05) is 15.5 Å². The molecule has 0 aliphatic heterocycles. The summed E-state index contributed by atoms with van der Waals surface area (Å²) in [6.07, 6.45) is -0.174. The van der Waals surface area contributed by atoms with Gasteiger partial charge < -0.3 is 18.5 Å². The molecular weight excluding hydrogens is 346 g/mol. The molecule has 0 bridgehead atoms. The third-order valence-corrected chi connectivity index (χ3v) is 3.55. The van der Waals surface area contributed by atoms with Crippen LogP contribution in [0.5, 0.6) is 11.5 Å². The molecule has 3 unspecified atom stereocenters. The van der Waals surface area contributed by atoms with E-state index in [1.165, 1.54) is 0 Å². The van der Waals surface area contributed by atoms with E-state index in [0.717, 1.165) is 5.56 Å². The first-order chi connectivity index (χ1) is 11.6. The summed E-state index contributed by atoms with van der Waals surface area (Å²) in [4.78, 5) is 11.8. The number of hydrogen-bond acceptors (Lipinski definition) is 5. The maximum absolute atomic E-state index is 11.8. The molecule has 0 amide bonds. The lowest BCUT2D eigenvalue weighted by Gasteiger charge is -2.16. The maximum Gasteiger partial charge on any atom is 0.340 e. The standard InChI is InChI=1S/C17H20O5P2/c1-12(10-20-23)21-16-8-14(17(18)22-24)7-15(9-16)19-11-13-5-3-2-4-6-13/h2-9,12H,10-11,23-24H2,1H3. The minimum Gasteiger partial charge on any atom is -0.489 e. The normalized spacial score (nSPS) is 11.6. The fraction of sp³-hybridized carbons (Fsp3) is 0.235. The second-order valence-electron chi connectivity index (χ2n) is 5.13. The molecule has 2 aromatic carbocycles. The summed E-state index contributed by atoms with van der Waals surface area (Å²) < 4.78 is 21.2. The number of ether oxygens (including phenoxy) is 2. The topological polar surface area (TPSA) is 54.0 Å². The third kappa shape index (κ3) is 5.76. The van der Waals surface area contributed by atoms with Gasteiger partial charge in [0.05, 0.1) is 21.6 Å². The molecule has 7 heteroatoms. The lowest BCUT2D eigenvalue weighted by atomic mass is 10.2. The van der Waals surface area contributed by atoms with E-state index in [0.29, 0.717) is 30.3 Å². The molecule has 0 saturated heterocycles. The van der Waals surface area contributed by atoms with Crippen molar-refractivity contribution in [3.05, 3.63) is 59.7 Å². The minimum atomic E-state index is -0.482. The first-order valence-corrected chi connectivity index (χ1v) is 8.28. The smallest absolute Gasteiger partial charge is 0.340 e. The molecule has 2 aromatic rings. The van der Waals surface area contributed by atoms with Gasteiger partial charge in [0.25, 0.3) is 0 Å². The van der Waals surface area contributed by atoms with Crippen LogP contribution in [0.15, 0.2) is 48.5 Å². The van der Waals surface area contributed by atoms with Crippen molar-refractivity contribution < 1.29 is 23.3 Å². The van der Waals surface area contributed by atoms with Crippen LogP contribution in [0.1, 0.15) is 22.8 Å². The number of carbonyl (C=O) groups excluding carboxylic acids is 1. The Hall–Kier alpha value is -1.67. The Morgan fingerprint density at radius 2 is 1.79 bits per heavy atom. The minimum absolute atomic E-state index is 0.174. The van der Waals surface area contributed by atoms with Crippen molar-refractivity contribution in [1.29, 1.82) is 0 Å². The largest absolute Gasteiger partial charge is 0.489 e. The van der Waals surface area contributed by atoms with Crippen LogP contribution in [-0.4, -0.2) is 18.7 Å². The Kier molecular flexibility index (Phi) is 7.45. The third-order valence-electron chi connectivity index (χ3n) is 3.14. The van der Waals surface area contributed by atoms with Gasteiger partial charge in [-0.25, -0.2) is 4.79 Å². The molecule has 0 spiro atoms. The number of rotatable bonds is 8. The van der Waals surface area contributed by atoms with Crippen molar-refractivity contribution in [3.63, 3.8) is 0 Å². The van der Waals surface area contributed by atoms with Gasteiger partial charge in [-0.05, 0) is 24.6 Å². The zero-order valence-corrected chi connectivity index (χ0v) is 15.6. The molecule has 0 aromatic heterocycles. The van der Waals surface area contributed by atoms with E-state index in [1.54, 1.807) is 18.2 Å². The Labute approximate surface area is 146 Å². The molecule has 0 aliphatic carbocycles. The van der Waals surface area contributed by atoms with Crippen LogP contribution in [0.25, 0.3) is 0 Å². The Balaban J connectivity index is 2.17. The zero-order chi connectivity index (χ0) is 17.4. The van der Waals surface area contributed by atoms with Crippen molar-refractivity contribution in [2.24, 2.45) is 0 Å². The zero-order valence-electron chi connectivity index (χ0n) is 13.3. The summed E-state index contributed by atoms with van der Waals surface area (Å²) in [6.45, 7) is 2.67. The molecule has 128 valence electrons. The lowest BCUT2D eigenvalue weighted by Crippen LogP contribution is -2.17. The first kappa shape index (κ1) is 18.7. The van der Waals surface area contributed by atoms with Gasteiger partial charge in [0.15, 0.2) is 0 Å². The lowest BCUT2D eigenvalue weighted by molar-refractivity contribution is 0.0764. The van der Waals surface area contributed by atoms with Crippen molar-refractivity contribution >= 4 is 24.9 Å². The van der Waals surface area contributed by atoms with Crippen molar-refractivity contribution in [2.45, 2.75) is 19.6 Å². The van der Waals surface area contributed by atoms with E-state index in [4.69, 9.17) is 18.5 Å². The molecule has 0 fully saturated rings. The molecule has 3 atom stereocenters. The van der Waals surface area contributed by atoms with E-state index >= 15 is 0 Å². The second kappa shape index (κ2) is 9.58. The van der Waals surface area contributed by atoms with E-state index in [9.17, 15) is 4.79 Å². The van der Waals surface area contributed by atoms with E-state index in [1.807, 2.05) is 46.7 Å². The summed E-state index contributed by atoms with van der Waals surface area (Å²) in [6, 6.07) is 14.7. The van der Waals surface area contributed by atoms with Gasteiger partial charge in [0.2, 0.25) is 0 Å². The van der Waals surface area contributed by atoms with Gasteiger partial charge in [-0.3, -0.25) is 0 Å². The van der Waals surface area contributed by atoms with Gasteiger partial charge in [-0.15, -0.1) is 0 Å². The van der Waals surface area contributed by atoms with Crippen LogP contribution in [0.3, 0.4) is 0 Å². The van der Waals surface area contributed by atoms with Gasteiger partial charge in [-0.2, -0.15) is 0 Å². The molecule has 0 aliphatic rings. The Morgan fingerprint density at radius 3 is 2.46 bits per heavy atom. The average molecular weight is 366 g/mol. The van der Waals surface area contributed by atoms with Crippen molar-refractivity contribution in [3.8, 4) is 11.5 Å². The molecule has 2 rings (SSSR count). The van der Waals surface area contributed by atoms with E-state index in [-0.39, 0.29) is 6.10 Å². The predicted octanol–water partition coefficient (Wildman–Crippen LogP) is 3.79. The number of carbonyl (C=O) groups is 1. The Bertz CT molecular complexity index is 663. The van der Waals surface area contributed by atoms with Crippen LogP contribution in [-0.2, 0) is 15.7 Å². The molecule has 0 saturated carbocycles. The SMILES string of the molecule is CC(COP)Oc1cc(OCc2ccccc2)cc(C(=O)OP)c1. The van der Waals surface area contributed by atoms with E-state index < -0.39 is 5.97 Å². The van der Waals surface area contributed by atoms with Crippen LogP contribution in [0.2, 0.25) is 0 Å². The van der Waals surface area contributed by atoms with Crippen LogP contribution >= 0.6 is 18.9 Å². The maximum atomic E-state index is 11.8. The Morgan fingerprint density at radius 1 is 1.08 bits per heavy atom. The summed E-state index contributed by atoms with van der Waals surface area (Å²) in [5.74, 6) is 0.561. The van der Waals surface area contributed by atoms with Gasteiger partial charge >= 0.3 is 5.97 Å². The molecule has 0 radical (unpaired) electrons. The highest BCUT2D eigenvalue weighted by Crippen LogP contribution is 2.26. The molecular formula is C17H20O5P2. The van der Waals surface area contributed by atoms with Crippen molar-refractivity contribution in [1.82, 2.24) is 0 Å². The van der Waals surface area contributed by atoms with Gasteiger partial charge in [0.1, 0.15) is 24.2 Å². The second-order valence-corrected chi connectivity index (χ2v) is 5.70. The quantitative estimate of drug-likeness (QED) is 0.666. The molecule has 5 nitrogen and oxygen atoms in total.